The molecule has 1 heteroatoms. The molecule has 0 bridgehead atoms. The molecule has 0 aliphatic rings. The molecule has 0 saturated heterocycles. The average molecular weight is 191 g/mol. The highest BCUT2D eigenvalue weighted by molar-refractivity contribution is 5.14. The van der Waals surface area contributed by atoms with Crippen molar-refractivity contribution in [2.45, 2.75) is 26.7 Å². The fourth-order valence-corrected chi connectivity index (χ4v) is 0.933. The van der Waals surface area contributed by atoms with E-state index in [2.05, 4.69) is 49.2 Å². The Morgan fingerprint density at radius 2 is 1.79 bits per heavy atom. The Morgan fingerprint density at radius 1 is 1.29 bits per heavy atom. The maximum absolute atomic E-state index is 3.56. The third-order valence-corrected chi connectivity index (χ3v) is 1.81. The highest BCUT2D eigenvalue weighted by Crippen LogP contribution is 2.00. The molecular weight excluding hydrogens is 170 g/mol. The largest absolute Gasteiger partial charge is 0.392 e. The summed E-state index contributed by atoms with van der Waals surface area (Å²) in [4.78, 5) is 0. The molecule has 0 aromatic heterocycles. The SMILES string of the molecule is C=C(C)NC.CCCc1ccccc1. The van der Waals surface area contributed by atoms with Gasteiger partial charge in [0.2, 0.25) is 0 Å². The summed E-state index contributed by atoms with van der Waals surface area (Å²) in [6.07, 6.45) is 2.45. The third kappa shape index (κ3) is 7.41. The normalized spacial score (nSPS) is 8.50. The van der Waals surface area contributed by atoms with Gasteiger partial charge >= 0.3 is 0 Å². The zero-order chi connectivity index (χ0) is 10.8. The first-order chi connectivity index (χ1) is 6.70. The minimum absolute atomic E-state index is 1.00. The highest BCUT2D eigenvalue weighted by atomic mass is 14.8. The zero-order valence-corrected chi connectivity index (χ0v) is 9.51. The van der Waals surface area contributed by atoms with Crippen molar-refractivity contribution in [1.29, 1.82) is 0 Å². The number of rotatable bonds is 3. The summed E-state index contributed by atoms with van der Waals surface area (Å²) in [5.74, 6) is 0. The smallest absolute Gasteiger partial charge is 0.00299 e. The maximum Gasteiger partial charge on any atom is 0.00299 e. The molecule has 0 aliphatic carbocycles. The van der Waals surface area contributed by atoms with Crippen molar-refractivity contribution in [2.24, 2.45) is 0 Å². The molecule has 0 amide bonds. The minimum atomic E-state index is 1.00. The van der Waals surface area contributed by atoms with Gasteiger partial charge in [-0.05, 0) is 24.6 Å². The fourth-order valence-electron chi connectivity index (χ4n) is 0.933. The monoisotopic (exact) mass is 191 g/mol. The molecule has 0 heterocycles. The van der Waals surface area contributed by atoms with Gasteiger partial charge in [-0.1, -0.05) is 50.3 Å². The van der Waals surface area contributed by atoms with Crippen LogP contribution in [0.3, 0.4) is 0 Å². The molecule has 0 saturated carbocycles. The first-order valence-corrected chi connectivity index (χ1v) is 5.07. The lowest BCUT2D eigenvalue weighted by Crippen LogP contribution is -1.98. The molecular formula is C13H21N. The van der Waals surface area contributed by atoms with E-state index in [0.29, 0.717) is 0 Å². The molecule has 0 fully saturated rings. The molecule has 0 unspecified atom stereocenters. The predicted octanol–water partition coefficient (Wildman–Crippen LogP) is 3.38. The van der Waals surface area contributed by atoms with Gasteiger partial charge in [-0.2, -0.15) is 0 Å². The Balaban J connectivity index is 0.000000292. The summed E-state index contributed by atoms with van der Waals surface area (Å²) in [6, 6.07) is 10.6. The number of aryl methyl sites for hydroxylation is 1. The number of allylic oxidation sites excluding steroid dienone is 1. The molecule has 1 nitrogen and oxygen atoms in total. The van der Waals surface area contributed by atoms with Gasteiger partial charge in [-0.15, -0.1) is 0 Å². The van der Waals surface area contributed by atoms with Crippen molar-refractivity contribution in [3.05, 3.63) is 48.2 Å². The quantitative estimate of drug-likeness (QED) is 0.772. The number of hydrogen-bond acceptors (Lipinski definition) is 1. The molecule has 1 aromatic rings. The van der Waals surface area contributed by atoms with Gasteiger partial charge in [-0.3, -0.25) is 0 Å². The van der Waals surface area contributed by atoms with E-state index >= 15 is 0 Å². The number of hydrogen-bond donors (Lipinski definition) is 1. The first kappa shape index (κ1) is 12.8. The van der Waals surface area contributed by atoms with E-state index in [0.717, 1.165) is 5.70 Å². The van der Waals surface area contributed by atoms with Gasteiger partial charge in [0.25, 0.3) is 0 Å². The third-order valence-electron chi connectivity index (χ3n) is 1.81. The van der Waals surface area contributed by atoms with Gasteiger partial charge in [0, 0.05) is 7.05 Å². The molecule has 1 aromatic carbocycles. The minimum Gasteiger partial charge on any atom is -0.392 e. The van der Waals surface area contributed by atoms with Crippen LogP contribution in [-0.4, -0.2) is 7.05 Å². The molecule has 14 heavy (non-hydrogen) atoms. The van der Waals surface area contributed by atoms with Crippen molar-refractivity contribution < 1.29 is 0 Å². The molecule has 0 radical (unpaired) electrons. The van der Waals surface area contributed by atoms with Gasteiger partial charge in [0.05, 0.1) is 0 Å². The van der Waals surface area contributed by atoms with Gasteiger partial charge in [0.15, 0.2) is 0 Å². The Kier molecular flexibility index (Phi) is 7.62. The first-order valence-electron chi connectivity index (χ1n) is 5.07. The Bertz CT molecular complexity index is 239. The molecule has 0 aliphatic heterocycles. The van der Waals surface area contributed by atoms with E-state index in [9.17, 15) is 0 Å². The summed E-state index contributed by atoms with van der Waals surface area (Å²) in [5, 5.41) is 2.83. The van der Waals surface area contributed by atoms with Crippen LogP contribution in [0, 0.1) is 0 Å². The Labute approximate surface area is 87.9 Å². The molecule has 78 valence electrons. The van der Waals surface area contributed by atoms with E-state index in [1.54, 1.807) is 0 Å². The lowest BCUT2D eigenvalue weighted by Gasteiger charge is -1.93. The standard InChI is InChI=1S/C9H12.C4H9N/c1-2-6-9-7-4-3-5-8-9;1-4(2)5-3/h3-5,7-8H,2,6H2,1H3;5H,1H2,2-3H3. The topological polar surface area (TPSA) is 12.0 Å². The van der Waals surface area contributed by atoms with Gasteiger partial charge in [-0.25, -0.2) is 0 Å². The van der Waals surface area contributed by atoms with Crippen molar-refractivity contribution in [3.63, 3.8) is 0 Å². The molecule has 1 N–H and O–H groups in total. The lowest BCUT2D eigenvalue weighted by molar-refractivity contribution is 0.922. The van der Waals surface area contributed by atoms with E-state index < -0.39 is 0 Å². The van der Waals surface area contributed by atoms with Crippen LogP contribution in [0.25, 0.3) is 0 Å². The van der Waals surface area contributed by atoms with Crippen molar-refractivity contribution in [2.75, 3.05) is 7.05 Å². The van der Waals surface area contributed by atoms with Crippen LogP contribution in [0.15, 0.2) is 42.6 Å². The van der Waals surface area contributed by atoms with Crippen LogP contribution in [-0.2, 0) is 6.42 Å². The van der Waals surface area contributed by atoms with E-state index in [1.807, 2.05) is 14.0 Å². The number of benzene rings is 1. The second-order valence-corrected chi connectivity index (χ2v) is 3.27. The predicted molar refractivity (Wildman–Crippen MR) is 64.3 cm³/mol. The van der Waals surface area contributed by atoms with Crippen LogP contribution in [0.2, 0.25) is 0 Å². The second kappa shape index (κ2) is 8.36. The van der Waals surface area contributed by atoms with Crippen LogP contribution < -0.4 is 5.32 Å². The second-order valence-electron chi connectivity index (χ2n) is 3.27. The van der Waals surface area contributed by atoms with E-state index in [4.69, 9.17) is 0 Å². The van der Waals surface area contributed by atoms with Crippen molar-refractivity contribution in [3.8, 4) is 0 Å². The lowest BCUT2D eigenvalue weighted by atomic mass is 10.1. The van der Waals surface area contributed by atoms with Crippen LogP contribution >= 0.6 is 0 Å². The van der Waals surface area contributed by atoms with E-state index in [-0.39, 0.29) is 0 Å². The maximum atomic E-state index is 3.56. The summed E-state index contributed by atoms with van der Waals surface area (Å²) < 4.78 is 0. The summed E-state index contributed by atoms with van der Waals surface area (Å²) in [7, 11) is 1.85. The summed E-state index contributed by atoms with van der Waals surface area (Å²) in [6.45, 7) is 7.68. The summed E-state index contributed by atoms with van der Waals surface area (Å²) >= 11 is 0. The Morgan fingerprint density at radius 3 is 2.14 bits per heavy atom. The highest BCUT2D eigenvalue weighted by Gasteiger charge is 1.84. The van der Waals surface area contributed by atoms with Crippen LogP contribution in [0.5, 0.6) is 0 Å². The van der Waals surface area contributed by atoms with Crippen molar-refractivity contribution in [1.82, 2.24) is 5.32 Å². The van der Waals surface area contributed by atoms with Crippen LogP contribution in [0.4, 0.5) is 0 Å². The molecule has 1 rings (SSSR count). The average Bonchev–Trinajstić information content (AvgIpc) is 2.21. The molecule has 0 spiro atoms. The van der Waals surface area contributed by atoms with E-state index in [1.165, 1.54) is 18.4 Å². The molecule has 0 atom stereocenters. The van der Waals surface area contributed by atoms with Gasteiger partial charge < -0.3 is 5.32 Å². The summed E-state index contributed by atoms with van der Waals surface area (Å²) in [5.41, 5.74) is 2.45. The van der Waals surface area contributed by atoms with Crippen LogP contribution in [0.1, 0.15) is 25.8 Å². The van der Waals surface area contributed by atoms with Crippen molar-refractivity contribution >= 4 is 0 Å². The van der Waals surface area contributed by atoms with Gasteiger partial charge in [0.1, 0.15) is 0 Å². The Hall–Kier alpha value is -1.24. The number of nitrogens with one attached hydrogen (secondary N) is 1. The fraction of sp³-hybridized carbons (Fsp3) is 0.385. The zero-order valence-electron chi connectivity index (χ0n) is 9.51.